The van der Waals surface area contributed by atoms with Crippen LogP contribution in [-0.2, 0) is 6.54 Å². The van der Waals surface area contributed by atoms with Crippen LogP contribution in [0.5, 0.6) is 0 Å². The second-order valence-corrected chi connectivity index (χ2v) is 7.59. The van der Waals surface area contributed by atoms with Crippen LogP contribution in [0.15, 0.2) is 54.6 Å². The third kappa shape index (κ3) is 3.53. The van der Waals surface area contributed by atoms with Crippen LogP contribution in [-0.4, -0.2) is 21.8 Å². The van der Waals surface area contributed by atoms with Gasteiger partial charge < -0.3 is 4.90 Å². The Bertz CT molecular complexity index is 917. The monoisotopic (exact) mass is 366 g/mol. The molecule has 0 N–H and O–H groups in total. The average molecular weight is 366 g/mol. The van der Waals surface area contributed by atoms with Gasteiger partial charge in [-0.1, -0.05) is 42.5 Å². The lowest BCUT2D eigenvalue weighted by molar-refractivity contribution is 0.0734. The molecule has 1 saturated carbocycles. The molecule has 1 aliphatic rings. The van der Waals surface area contributed by atoms with Gasteiger partial charge in [0.15, 0.2) is 0 Å². The van der Waals surface area contributed by atoms with Gasteiger partial charge in [-0.05, 0) is 37.5 Å². The lowest BCUT2D eigenvalue weighted by Crippen LogP contribution is -2.32. The lowest BCUT2D eigenvalue weighted by Gasteiger charge is -2.22. The summed E-state index contributed by atoms with van der Waals surface area (Å²) in [5.74, 6) is -0.238. The van der Waals surface area contributed by atoms with Crippen LogP contribution in [0.2, 0.25) is 0 Å². The van der Waals surface area contributed by atoms with Gasteiger partial charge in [-0.15, -0.1) is 11.3 Å². The van der Waals surface area contributed by atoms with Crippen LogP contribution in [0.4, 0.5) is 4.39 Å². The van der Waals surface area contributed by atoms with Crippen LogP contribution in [0, 0.1) is 12.7 Å². The molecule has 0 saturated heterocycles. The predicted octanol–water partition coefficient (Wildman–Crippen LogP) is 5.06. The van der Waals surface area contributed by atoms with Gasteiger partial charge in [-0.2, -0.15) is 0 Å². The molecular formula is C21H19FN2OS. The number of carbonyl (C=O) groups excluding carboxylic acids is 1. The standard InChI is InChI=1S/C21H19FN2OS/c1-14-19(26-20(23-14)16-5-3-2-4-6-16)21(25)24(18-11-12-18)13-15-7-9-17(22)10-8-15/h2-10,18H,11-13H2,1H3. The molecule has 3 aromatic rings. The van der Waals surface area contributed by atoms with Crippen molar-refractivity contribution in [1.29, 1.82) is 0 Å². The van der Waals surface area contributed by atoms with E-state index in [1.54, 1.807) is 12.1 Å². The predicted molar refractivity (Wildman–Crippen MR) is 102 cm³/mol. The second kappa shape index (κ2) is 7.00. The number of amides is 1. The molecule has 1 aliphatic carbocycles. The fourth-order valence-electron chi connectivity index (χ4n) is 2.97. The number of rotatable bonds is 5. The van der Waals surface area contributed by atoms with Gasteiger partial charge in [0.05, 0.1) is 5.69 Å². The Labute approximate surface area is 156 Å². The van der Waals surface area contributed by atoms with Gasteiger partial charge in [-0.3, -0.25) is 4.79 Å². The number of thiazole rings is 1. The Morgan fingerprint density at radius 1 is 1.15 bits per heavy atom. The molecule has 0 unspecified atom stereocenters. The number of halogens is 1. The van der Waals surface area contributed by atoms with E-state index in [1.165, 1.54) is 23.5 Å². The molecule has 0 aliphatic heterocycles. The van der Waals surface area contributed by atoms with Gasteiger partial charge in [0.1, 0.15) is 15.7 Å². The van der Waals surface area contributed by atoms with Crippen molar-refractivity contribution in [1.82, 2.24) is 9.88 Å². The minimum atomic E-state index is -0.260. The first-order chi connectivity index (χ1) is 12.6. The third-order valence-electron chi connectivity index (χ3n) is 4.53. The summed E-state index contributed by atoms with van der Waals surface area (Å²) >= 11 is 1.44. The summed E-state index contributed by atoms with van der Waals surface area (Å²) in [6.45, 7) is 2.39. The summed E-state index contributed by atoms with van der Waals surface area (Å²) in [5, 5.41) is 0.865. The van der Waals surface area contributed by atoms with Gasteiger partial charge in [0.25, 0.3) is 5.91 Å². The van der Waals surface area contributed by atoms with Crippen LogP contribution in [0.3, 0.4) is 0 Å². The first-order valence-corrected chi connectivity index (χ1v) is 9.52. The third-order valence-corrected chi connectivity index (χ3v) is 5.72. The summed E-state index contributed by atoms with van der Waals surface area (Å²) in [7, 11) is 0. The Hall–Kier alpha value is -2.53. The summed E-state index contributed by atoms with van der Waals surface area (Å²) in [6.07, 6.45) is 2.05. The van der Waals surface area contributed by atoms with E-state index in [1.807, 2.05) is 42.2 Å². The van der Waals surface area contributed by atoms with Gasteiger partial charge in [-0.25, -0.2) is 9.37 Å². The molecule has 3 nitrogen and oxygen atoms in total. The molecule has 4 rings (SSSR count). The van der Waals surface area contributed by atoms with Gasteiger partial charge in [0, 0.05) is 18.2 Å². The van der Waals surface area contributed by atoms with E-state index >= 15 is 0 Å². The number of aryl methyl sites for hydroxylation is 1. The van der Waals surface area contributed by atoms with Gasteiger partial charge >= 0.3 is 0 Å². The first-order valence-electron chi connectivity index (χ1n) is 8.70. The zero-order chi connectivity index (χ0) is 18.1. The number of nitrogens with zero attached hydrogens (tertiary/aromatic N) is 2. The fourth-order valence-corrected chi connectivity index (χ4v) is 4.00. The largest absolute Gasteiger partial charge is 0.331 e. The second-order valence-electron chi connectivity index (χ2n) is 6.59. The summed E-state index contributed by atoms with van der Waals surface area (Å²) < 4.78 is 13.1. The average Bonchev–Trinajstić information content (AvgIpc) is 3.43. The maximum Gasteiger partial charge on any atom is 0.266 e. The molecule has 2 aromatic carbocycles. The topological polar surface area (TPSA) is 33.2 Å². The molecular weight excluding hydrogens is 347 g/mol. The molecule has 26 heavy (non-hydrogen) atoms. The highest BCUT2D eigenvalue weighted by atomic mass is 32.1. The molecule has 0 radical (unpaired) electrons. The maximum absolute atomic E-state index is 13.2. The number of carbonyl (C=O) groups is 1. The van der Waals surface area contributed by atoms with Crippen molar-refractivity contribution < 1.29 is 9.18 Å². The molecule has 1 aromatic heterocycles. The number of hydrogen-bond donors (Lipinski definition) is 0. The highest BCUT2D eigenvalue weighted by Crippen LogP contribution is 2.34. The van der Waals surface area contributed by atoms with E-state index in [2.05, 4.69) is 4.98 Å². The highest BCUT2D eigenvalue weighted by molar-refractivity contribution is 7.17. The smallest absolute Gasteiger partial charge is 0.266 e. The van der Waals surface area contributed by atoms with Crippen LogP contribution in [0.25, 0.3) is 10.6 Å². The van der Waals surface area contributed by atoms with Crippen molar-refractivity contribution >= 4 is 17.2 Å². The number of benzene rings is 2. The molecule has 1 heterocycles. The zero-order valence-electron chi connectivity index (χ0n) is 14.5. The number of aromatic nitrogens is 1. The van der Waals surface area contributed by atoms with E-state index in [4.69, 9.17) is 0 Å². The molecule has 132 valence electrons. The quantitative estimate of drug-likeness (QED) is 0.632. The fraction of sp³-hybridized carbons (Fsp3) is 0.238. The van der Waals surface area contributed by atoms with Crippen molar-refractivity contribution in [3.8, 4) is 10.6 Å². The molecule has 1 amide bonds. The van der Waals surface area contributed by atoms with E-state index in [0.29, 0.717) is 11.4 Å². The Kier molecular flexibility index (Phi) is 4.55. The number of hydrogen-bond acceptors (Lipinski definition) is 3. The SMILES string of the molecule is Cc1nc(-c2ccccc2)sc1C(=O)N(Cc1ccc(F)cc1)C1CC1. The Morgan fingerprint density at radius 2 is 1.85 bits per heavy atom. The highest BCUT2D eigenvalue weighted by Gasteiger charge is 2.34. The van der Waals surface area contributed by atoms with E-state index < -0.39 is 0 Å². The molecule has 0 bridgehead atoms. The van der Waals surface area contributed by atoms with Crippen molar-refractivity contribution in [3.05, 3.63) is 76.5 Å². The van der Waals surface area contributed by atoms with Crippen molar-refractivity contribution in [2.45, 2.75) is 32.4 Å². The molecule has 1 fully saturated rings. The normalized spacial score (nSPS) is 13.6. The first kappa shape index (κ1) is 16.9. The summed E-state index contributed by atoms with van der Waals surface area (Å²) in [6, 6.07) is 16.6. The van der Waals surface area contributed by atoms with Crippen LogP contribution >= 0.6 is 11.3 Å². The Balaban J connectivity index is 1.60. The minimum Gasteiger partial charge on any atom is -0.331 e. The van der Waals surface area contributed by atoms with E-state index in [-0.39, 0.29) is 17.8 Å². The lowest BCUT2D eigenvalue weighted by atomic mass is 10.2. The van der Waals surface area contributed by atoms with Crippen molar-refractivity contribution in [3.63, 3.8) is 0 Å². The van der Waals surface area contributed by atoms with Crippen LogP contribution < -0.4 is 0 Å². The molecule has 0 spiro atoms. The zero-order valence-corrected chi connectivity index (χ0v) is 15.3. The molecule has 0 atom stereocenters. The van der Waals surface area contributed by atoms with E-state index in [9.17, 15) is 9.18 Å². The van der Waals surface area contributed by atoms with Crippen LogP contribution in [0.1, 0.15) is 33.8 Å². The summed E-state index contributed by atoms with van der Waals surface area (Å²) in [5.41, 5.74) is 2.73. The summed E-state index contributed by atoms with van der Waals surface area (Å²) in [4.78, 5) is 20.4. The van der Waals surface area contributed by atoms with Gasteiger partial charge in [0.2, 0.25) is 0 Å². The maximum atomic E-state index is 13.2. The van der Waals surface area contributed by atoms with Crippen molar-refractivity contribution in [2.24, 2.45) is 0 Å². The van der Waals surface area contributed by atoms with E-state index in [0.717, 1.165) is 34.7 Å². The molecule has 5 heteroatoms. The minimum absolute atomic E-state index is 0.0222. The van der Waals surface area contributed by atoms with Crippen molar-refractivity contribution in [2.75, 3.05) is 0 Å². The Morgan fingerprint density at radius 3 is 2.50 bits per heavy atom.